The summed E-state index contributed by atoms with van der Waals surface area (Å²) < 4.78 is 18.3. The Morgan fingerprint density at radius 2 is 2.30 bits per heavy atom. The third-order valence-corrected chi connectivity index (χ3v) is 2.83. The smallest absolute Gasteiger partial charge is 0.251 e. The van der Waals surface area contributed by atoms with Crippen LogP contribution in [-0.2, 0) is 0 Å². The van der Waals surface area contributed by atoms with E-state index in [1.807, 2.05) is 6.92 Å². The summed E-state index contributed by atoms with van der Waals surface area (Å²) >= 11 is 0. The van der Waals surface area contributed by atoms with Gasteiger partial charge >= 0.3 is 0 Å². The molecule has 20 heavy (non-hydrogen) atoms. The van der Waals surface area contributed by atoms with Crippen LogP contribution in [0.15, 0.2) is 23.4 Å². The Morgan fingerprint density at radius 1 is 1.60 bits per heavy atom. The number of rotatable bonds is 6. The van der Waals surface area contributed by atoms with Crippen LogP contribution < -0.4 is 15.8 Å². The van der Waals surface area contributed by atoms with Gasteiger partial charge in [-0.15, -0.1) is 0 Å². The summed E-state index contributed by atoms with van der Waals surface area (Å²) in [5.74, 6) is -0.933. The van der Waals surface area contributed by atoms with Crippen molar-refractivity contribution >= 4 is 11.7 Å². The van der Waals surface area contributed by atoms with Crippen LogP contribution in [0.4, 0.5) is 4.39 Å². The van der Waals surface area contributed by atoms with E-state index in [2.05, 4.69) is 10.5 Å². The van der Waals surface area contributed by atoms with Crippen molar-refractivity contribution in [3.8, 4) is 5.75 Å². The quantitative estimate of drug-likeness (QED) is 0.319. The molecule has 1 aromatic rings. The van der Waals surface area contributed by atoms with Crippen LogP contribution in [0, 0.1) is 5.82 Å². The molecular weight excluding hydrogens is 265 g/mol. The van der Waals surface area contributed by atoms with Crippen LogP contribution in [0.1, 0.15) is 30.1 Å². The van der Waals surface area contributed by atoms with E-state index in [1.165, 1.54) is 19.2 Å². The van der Waals surface area contributed by atoms with Crippen LogP contribution in [0.25, 0.3) is 0 Å². The van der Waals surface area contributed by atoms with E-state index in [0.29, 0.717) is 6.42 Å². The first-order valence-electron chi connectivity index (χ1n) is 6.12. The molecule has 1 unspecified atom stereocenters. The number of halogens is 1. The summed E-state index contributed by atoms with van der Waals surface area (Å²) in [4.78, 5) is 12.0. The van der Waals surface area contributed by atoms with Gasteiger partial charge in [-0.2, -0.15) is 0 Å². The Labute approximate surface area is 116 Å². The monoisotopic (exact) mass is 283 g/mol. The number of nitrogens with zero attached hydrogens (tertiary/aromatic N) is 1. The van der Waals surface area contributed by atoms with Crippen molar-refractivity contribution in [2.24, 2.45) is 10.9 Å². The molecule has 0 aliphatic rings. The summed E-state index contributed by atoms with van der Waals surface area (Å²) in [5, 5.41) is 14.1. The van der Waals surface area contributed by atoms with Gasteiger partial charge in [0.05, 0.1) is 7.11 Å². The average molecular weight is 283 g/mol. The Morgan fingerprint density at radius 3 is 2.80 bits per heavy atom. The maximum Gasteiger partial charge on any atom is 0.251 e. The number of oxime groups is 1. The lowest BCUT2D eigenvalue weighted by atomic mass is 10.1. The van der Waals surface area contributed by atoms with E-state index in [1.54, 1.807) is 0 Å². The summed E-state index contributed by atoms with van der Waals surface area (Å²) in [6.07, 6.45) is 0.817. The molecule has 1 atom stereocenters. The molecule has 1 rings (SSSR count). The largest absolute Gasteiger partial charge is 0.494 e. The molecule has 0 aromatic heterocycles. The molecule has 0 spiro atoms. The molecule has 110 valence electrons. The number of nitrogens with two attached hydrogens (primary N) is 1. The lowest BCUT2D eigenvalue weighted by molar-refractivity contribution is 0.0936. The maximum atomic E-state index is 13.5. The third kappa shape index (κ3) is 4.11. The Hall–Kier alpha value is -2.31. The number of ether oxygens (including phenoxy) is 1. The zero-order valence-corrected chi connectivity index (χ0v) is 11.4. The molecule has 0 saturated heterocycles. The number of methoxy groups -OCH3 is 1. The SMILES string of the molecule is CCC(CC(N)=NO)NC(=O)c1ccc(OC)c(F)c1. The minimum absolute atomic E-state index is 0.0260. The molecule has 1 aromatic carbocycles. The second kappa shape index (κ2) is 7.32. The molecule has 4 N–H and O–H groups in total. The van der Waals surface area contributed by atoms with E-state index in [4.69, 9.17) is 15.7 Å². The lowest BCUT2D eigenvalue weighted by Crippen LogP contribution is -2.37. The van der Waals surface area contributed by atoms with E-state index < -0.39 is 11.7 Å². The first-order valence-corrected chi connectivity index (χ1v) is 6.12. The average Bonchev–Trinajstić information content (AvgIpc) is 2.45. The molecule has 0 aliphatic heterocycles. The van der Waals surface area contributed by atoms with Gasteiger partial charge in [0.1, 0.15) is 5.84 Å². The molecule has 0 fully saturated rings. The van der Waals surface area contributed by atoms with E-state index in [9.17, 15) is 9.18 Å². The van der Waals surface area contributed by atoms with Crippen molar-refractivity contribution in [3.05, 3.63) is 29.6 Å². The normalized spacial score (nSPS) is 12.8. The van der Waals surface area contributed by atoms with Crippen LogP contribution in [0.2, 0.25) is 0 Å². The molecule has 7 heteroatoms. The first-order chi connectivity index (χ1) is 9.51. The fourth-order valence-corrected chi connectivity index (χ4v) is 1.67. The van der Waals surface area contributed by atoms with Crippen molar-refractivity contribution in [3.63, 3.8) is 0 Å². The predicted molar refractivity (Wildman–Crippen MR) is 72.5 cm³/mol. The lowest BCUT2D eigenvalue weighted by Gasteiger charge is -2.16. The number of benzene rings is 1. The number of hydrogen-bond acceptors (Lipinski definition) is 4. The number of carbonyl (C=O) groups is 1. The van der Waals surface area contributed by atoms with Crippen molar-refractivity contribution in [2.75, 3.05) is 7.11 Å². The molecule has 0 heterocycles. The van der Waals surface area contributed by atoms with Crippen molar-refractivity contribution < 1.29 is 19.1 Å². The Bertz CT molecular complexity index is 506. The highest BCUT2D eigenvalue weighted by atomic mass is 19.1. The van der Waals surface area contributed by atoms with Gasteiger partial charge in [0.25, 0.3) is 5.91 Å². The molecule has 0 saturated carbocycles. The number of amides is 1. The van der Waals surface area contributed by atoms with Gasteiger partial charge < -0.3 is 21.0 Å². The fourth-order valence-electron chi connectivity index (χ4n) is 1.67. The van der Waals surface area contributed by atoms with Gasteiger partial charge in [0, 0.05) is 18.0 Å². The standard InChI is InChI=1S/C13H18FN3O3/c1-3-9(7-12(15)17-19)16-13(18)8-4-5-11(20-2)10(14)6-8/h4-6,9,19H,3,7H2,1-2H3,(H2,15,17)(H,16,18). The summed E-state index contributed by atoms with van der Waals surface area (Å²) in [6, 6.07) is 3.66. The van der Waals surface area contributed by atoms with Gasteiger partial charge in [0.2, 0.25) is 0 Å². The fraction of sp³-hybridized carbons (Fsp3) is 0.385. The summed E-state index contributed by atoms with van der Waals surface area (Å²) in [7, 11) is 1.35. The molecule has 1 amide bonds. The van der Waals surface area contributed by atoms with Gasteiger partial charge in [-0.25, -0.2) is 4.39 Å². The van der Waals surface area contributed by atoms with Crippen molar-refractivity contribution in [2.45, 2.75) is 25.8 Å². The minimum atomic E-state index is -0.607. The Kier molecular flexibility index (Phi) is 5.76. The van der Waals surface area contributed by atoms with Gasteiger partial charge in [0.15, 0.2) is 11.6 Å². The van der Waals surface area contributed by atoms with Crippen molar-refractivity contribution in [1.82, 2.24) is 5.32 Å². The second-order valence-electron chi connectivity index (χ2n) is 4.22. The molecule has 6 nitrogen and oxygen atoms in total. The van der Waals surface area contributed by atoms with E-state index >= 15 is 0 Å². The van der Waals surface area contributed by atoms with E-state index in [-0.39, 0.29) is 29.6 Å². The molecule has 0 radical (unpaired) electrons. The van der Waals surface area contributed by atoms with Gasteiger partial charge in [-0.05, 0) is 24.6 Å². The predicted octanol–water partition coefficient (Wildman–Crippen LogP) is 1.48. The highest BCUT2D eigenvalue weighted by Crippen LogP contribution is 2.17. The number of nitrogens with one attached hydrogen (secondary N) is 1. The van der Waals surface area contributed by atoms with Crippen LogP contribution >= 0.6 is 0 Å². The number of hydrogen-bond donors (Lipinski definition) is 3. The third-order valence-electron chi connectivity index (χ3n) is 2.83. The first kappa shape index (κ1) is 15.7. The molecular formula is C13H18FN3O3. The van der Waals surface area contributed by atoms with Crippen LogP contribution in [-0.4, -0.2) is 30.1 Å². The van der Waals surface area contributed by atoms with Crippen molar-refractivity contribution in [1.29, 1.82) is 0 Å². The van der Waals surface area contributed by atoms with Crippen LogP contribution in [0.5, 0.6) is 5.75 Å². The number of carbonyl (C=O) groups excluding carboxylic acids is 1. The van der Waals surface area contributed by atoms with Crippen LogP contribution in [0.3, 0.4) is 0 Å². The highest BCUT2D eigenvalue weighted by molar-refractivity contribution is 5.95. The second-order valence-corrected chi connectivity index (χ2v) is 4.22. The van der Waals surface area contributed by atoms with Gasteiger partial charge in [-0.1, -0.05) is 12.1 Å². The summed E-state index contributed by atoms with van der Waals surface area (Å²) in [5.41, 5.74) is 5.58. The zero-order chi connectivity index (χ0) is 15.1. The van der Waals surface area contributed by atoms with Gasteiger partial charge in [-0.3, -0.25) is 4.79 Å². The molecule has 0 bridgehead atoms. The summed E-state index contributed by atoms with van der Waals surface area (Å²) in [6.45, 7) is 1.85. The Balaban J connectivity index is 2.76. The zero-order valence-electron chi connectivity index (χ0n) is 11.4. The minimum Gasteiger partial charge on any atom is -0.494 e. The van der Waals surface area contributed by atoms with E-state index in [0.717, 1.165) is 6.07 Å². The number of amidine groups is 1. The highest BCUT2D eigenvalue weighted by Gasteiger charge is 2.15. The molecule has 0 aliphatic carbocycles. The topological polar surface area (TPSA) is 96.9 Å². The maximum absolute atomic E-state index is 13.5.